The highest BCUT2D eigenvalue weighted by atomic mass is 35.5. The van der Waals surface area contributed by atoms with Gasteiger partial charge in [-0.25, -0.2) is 4.79 Å². The van der Waals surface area contributed by atoms with Crippen molar-refractivity contribution in [3.63, 3.8) is 0 Å². The molecule has 126 valence electrons. The van der Waals surface area contributed by atoms with Gasteiger partial charge in [0.2, 0.25) is 11.7 Å². The van der Waals surface area contributed by atoms with Gasteiger partial charge in [0.15, 0.2) is 5.09 Å². The molecule has 0 saturated carbocycles. The lowest BCUT2D eigenvalue weighted by Gasteiger charge is -2.21. The molecule has 7 heteroatoms. The molecule has 3 rings (SSSR count). The van der Waals surface area contributed by atoms with Crippen LogP contribution in [0.4, 0.5) is 0 Å². The van der Waals surface area contributed by atoms with Gasteiger partial charge in [0.1, 0.15) is 0 Å². The maximum atomic E-state index is 12.0. The summed E-state index contributed by atoms with van der Waals surface area (Å²) < 4.78 is 10.8. The van der Waals surface area contributed by atoms with E-state index in [1.54, 1.807) is 24.3 Å². The molecule has 24 heavy (non-hydrogen) atoms. The van der Waals surface area contributed by atoms with E-state index in [2.05, 4.69) is 5.32 Å². The SMILES string of the molecule is O=C1CC(COC(=O)c2ccc(Sc3ccc(Cl)cc3)o2)CCN1. The first kappa shape index (κ1) is 16.9. The monoisotopic (exact) mass is 365 g/mol. The van der Waals surface area contributed by atoms with Crippen LogP contribution in [0.5, 0.6) is 0 Å². The van der Waals surface area contributed by atoms with E-state index in [4.69, 9.17) is 20.8 Å². The molecule has 1 unspecified atom stereocenters. The maximum Gasteiger partial charge on any atom is 0.374 e. The van der Waals surface area contributed by atoms with Crippen LogP contribution in [0.15, 0.2) is 50.8 Å². The van der Waals surface area contributed by atoms with Crippen molar-refractivity contribution < 1.29 is 18.7 Å². The van der Waals surface area contributed by atoms with Gasteiger partial charge in [0.05, 0.1) is 6.61 Å². The molecule has 1 atom stereocenters. The first-order valence-corrected chi connectivity index (χ1v) is 8.76. The Balaban J connectivity index is 1.53. The molecule has 1 aromatic heterocycles. The summed E-state index contributed by atoms with van der Waals surface area (Å²) in [4.78, 5) is 24.3. The second-order valence-corrected chi connectivity index (χ2v) is 7.00. The lowest BCUT2D eigenvalue weighted by Crippen LogP contribution is -2.35. The summed E-state index contributed by atoms with van der Waals surface area (Å²) >= 11 is 7.24. The van der Waals surface area contributed by atoms with Crippen LogP contribution in [-0.2, 0) is 9.53 Å². The highest BCUT2D eigenvalue weighted by Gasteiger charge is 2.21. The molecule has 1 saturated heterocycles. The lowest BCUT2D eigenvalue weighted by atomic mass is 9.99. The van der Waals surface area contributed by atoms with Crippen LogP contribution in [0.3, 0.4) is 0 Å². The lowest BCUT2D eigenvalue weighted by molar-refractivity contribution is -0.124. The summed E-state index contributed by atoms with van der Waals surface area (Å²) in [5.74, 6) is -0.279. The van der Waals surface area contributed by atoms with Gasteiger partial charge >= 0.3 is 5.97 Å². The Labute approximate surface area is 148 Å². The molecule has 5 nitrogen and oxygen atoms in total. The minimum Gasteiger partial charge on any atom is -0.460 e. The van der Waals surface area contributed by atoms with Gasteiger partial charge in [-0.3, -0.25) is 4.79 Å². The molecule has 0 aliphatic carbocycles. The normalized spacial score (nSPS) is 17.4. The largest absolute Gasteiger partial charge is 0.460 e. The van der Waals surface area contributed by atoms with Gasteiger partial charge in [-0.2, -0.15) is 0 Å². The average Bonchev–Trinajstić information content (AvgIpc) is 3.03. The van der Waals surface area contributed by atoms with Crippen LogP contribution in [-0.4, -0.2) is 25.0 Å². The molecule has 1 aliphatic heterocycles. The van der Waals surface area contributed by atoms with Gasteiger partial charge < -0.3 is 14.5 Å². The Morgan fingerprint density at radius 2 is 2.08 bits per heavy atom. The molecule has 1 aromatic carbocycles. The first-order valence-electron chi connectivity index (χ1n) is 7.57. The fourth-order valence-electron chi connectivity index (χ4n) is 2.36. The van der Waals surface area contributed by atoms with E-state index < -0.39 is 5.97 Å². The zero-order valence-corrected chi connectivity index (χ0v) is 14.4. The standard InChI is InChI=1S/C17H16ClNO4S/c18-12-1-3-13(4-2-12)24-16-6-5-14(23-16)17(21)22-10-11-7-8-19-15(20)9-11/h1-6,11H,7-10H2,(H,19,20). The van der Waals surface area contributed by atoms with Gasteiger partial charge in [0, 0.05) is 28.8 Å². The van der Waals surface area contributed by atoms with Gasteiger partial charge in [0.25, 0.3) is 0 Å². The van der Waals surface area contributed by atoms with Crippen molar-refractivity contribution in [2.45, 2.75) is 22.8 Å². The van der Waals surface area contributed by atoms with Crippen LogP contribution in [0.2, 0.25) is 5.02 Å². The average molecular weight is 366 g/mol. The van der Waals surface area contributed by atoms with Crippen molar-refractivity contribution in [2.24, 2.45) is 5.92 Å². The van der Waals surface area contributed by atoms with Crippen LogP contribution in [0, 0.1) is 5.92 Å². The molecule has 0 radical (unpaired) electrons. The number of rotatable bonds is 5. The summed E-state index contributed by atoms with van der Waals surface area (Å²) in [5, 5.41) is 4.02. The van der Waals surface area contributed by atoms with Gasteiger partial charge in [-0.05, 0) is 42.8 Å². The second-order valence-electron chi connectivity index (χ2n) is 5.48. The van der Waals surface area contributed by atoms with E-state index in [0.29, 0.717) is 23.1 Å². The summed E-state index contributed by atoms with van der Waals surface area (Å²) in [6.45, 7) is 0.857. The minimum absolute atomic E-state index is 0.00180. The number of ether oxygens (including phenoxy) is 1. The number of nitrogens with one attached hydrogen (secondary N) is 1. The number of carbonyl (C=O) groups excluding carboxylic acids is 2. The number of piperidine rings is 1. The Kier molecular flexibility index (Phi) is 5.48. The third kappa shape index (κ3) is 4.55. The fraction of sp³-hybridized carbons (Fsp3) is 0.294. The van der Waals surface area contributed by atoms with E-state index >= 15 is 0 Å². The summed E-state index contributed by atoms with van der Waals surface area (Å²) in [6.07, 6.45) is 1.21. The molecule has 1 aliphatic rings. The quantitative estimate of drug-likeness (QED) is 0.817. The van der Waals surface area contributed by atoms with E-state index in [9.17, 15) is 9.59 Å². The molecule has 2 heterocycles. The summed E-state index contributed by atoms with van der Waals surface area (Å²) in [7, 11) is 0. The molecular weight excluding hydrogens is 350 g/mol. The number of carbonyl (C=O) groups is 2. The van der Waals surface area contributed by atoms with Crippen molar-refractivity contribution in [1.82, 2.24) is 5.32 Å². The smallest absolute Gasteiger partial charge is 0.374 e. The van der Waals surface area contributed by atoms with Crippen LogP contribution in [0.1, 0.15) is 23.4 Å². The zero-order chi connectivity index (χ0) is 16.9. The number of esters is 1. The number of benzene rings is 1. The molecular formula is C17H16ClNO4S. The van der Waals surface area contributed by atoms with E-state index in [1.807, 2.05) is 12.1 Å². The Hall–Kier alpha value is -1.92. The van der Waals surface area contributed by atoms with Crippen molar-refractivity contribution in [1.29, 1.82) is 0 Å². The van der Waals surface area contributed by atoms with Crippen molar-refractivity contribution >= 4 is 35.2 Å². The summed E-state index contributed by atoms with van der Waals surface area (Å²) in [5.41, 5.74) is 0. The number of hydrogen-bond acceptors (Lipinski definition) is 5. The Bertz CT molecular complexity index is 728. The van der Waals surface area contributed by atoms with Crippen LogP contribution >= 0.6 is 23.4 Å². The van der Waals surface area contributed by atoms with Crippen molar-refractivity contribution in [3.8, 4) is 0 Å². The topological polar surface area (TPSA) is 68.5 Å². The highest BCUT2D eigenvalue weighted by molar-refractivity contribution is 7.99. The second kappa shape index (κ2) is 7.77. The number of hydrogen-bond donors (Lipinski definition) is 1. The van der Waals surface area contributed by atoms with Crippen LogP contribution in [0.25, 0.3) is 0 Å². The number of furan rings is 1. The number of halogens is 1. The molecule has 0 spiro atoms. The van der Waals surface area contributed by atoms with Crippen molar-refractivity contribution in [2.75, 3.05) is 13.2 Å². The zero-order valence-electron chi connectivity index (χ0n) is 12.8. The van der Waals surface area contributed by atoms with E-state index in [0.717, 1.165) is 11.3 Å². The van der Waals surface area contributed by atoms with E-state index in [1.165, 1.54) is 11.8 Å². The van der Waals surface area contributed by atoms with Crippen molar-refractivity contribution in [3.05, 3.63) is 47.2 Å². The van der Waals surface area contributed by atoms with E-state index in [-0.39, 0.29) is 24.2 Å². The Morgan fingerprint density at radius 3 is 2.83 bits per heavy atom. The molecule has 1 fully saturated rings. The van der Waals surface area contributed by atoms with Gasteiger partial charge in [-0.1, -0.05) is 23.4 Å². The third-order valence-corrected chi connectivity index (χ3v) is 4.79. The minimum atomic E-state index is -0.510. The van der Waals surface area contributed by atoms with Crippen LogP contribution < -0.4 is 5.32 Å². The Morgan fingerprint density at radius 1 is 1.29 bits per heavy atom. The highest BCUT2D eigenvalue weighted by Crippen LogP contribution is 2.30. The molecule has 0 bridgehead atoms. The number of amides is 1. The third-order valence-electron chi connectivity index (χ3n) is 3.61. The molecule has 1 N–H and O–H groups in total. The predicted octanol–water partition coefficient (Wildman–Crippen LogP) is 3.77. The first-order chi connectivity index (χ1) is 11.6. The molecule has 2 aromatic rings. The van der Waals surface area contributed by atoms with Gasteiger partial charge in [-0.15, -0.1) is 0 Å². The fourth-order valence-corrected chi connectivity index (χ4v) is 3.26. The maximum absolute atomic E-state index is 12.0. The predicted molar refractivity (Wildman–Crippen MR) is 90.3 cm³/mol. The molecule has 1 amide bonds. The summed E-state index contributed by atoms with van der Waals surface area (Å²) in [6, 6.07) is 10.7.